The lowest BCUT2D eigenvalue weighted by Crippen LogP contribution is -2.48. The first-order valence-electron chi connectivity index (χ1n) is 9.14. The lowest BCUT2D eigenvalue weighted by molar-refractivity contribution is 0.0628. The molecule has 3 rings (SSSR count). The molecule has 0 atom stereocenters. The highest BCUT2D eigenvalue weighted by Crippen LogP contribution is 2.21. The molecule has 1 fully saturated rings. The van der Waals surface area contributed by atoms with Gasteiger partial charge in [0.2, 0.25) is 0 Å². The first-order chi connectivity index (χ1) is 13.7. The maximum Gasteiger partial charge on any atom is 0.488 e. The van der Waals surface area contributed by atoms with Crippen molar-refractivity contribution in [3.63, 3.8) is 0 Å². The zero-order valence-corrected chi connectivity index (χ0v) is 17.1. The molecule has 156 valence electrons. The number of ether oxygens (including phenoxy) is 1. The van der Waals surface area contributed by atoms with Gasteiger partial charge in [-0.05, 0) is 42.3 Å². The van der Waals surface area contributed by atoms with Crippen LogP contribution in [-0.4, -0.2) is 57.4 Å². The van der Waals surface area contributed by atoms with Crippen molar-refractivity contribution < 1.29 is 26.0 Å². The third-order valence-corrected chi connectivity index (χ3v) is 5.23. The minimum atomic E-state index is -5.02. The van der Waals surface area contributed by atoms with Crippen molar-refractivity contribution in [2.75, 3.05) is 33.3 Å². The highest BCUT2D eigenvalue weighted by atomic mass is 32.3. The van der Waals surface area contributed by atoms with Crippen LogP contribution in [0, 0.1) is 6.92 Å². The number of carbonyl (C=O) groups is 1. The van der Waals surface area contributed by atoms with Gasteiger partial charge in [-0.3, -0.25) is 9.69 Å². The number of piperazine rings is 1. The second-order valence-corrected chi connectivity index (χ2v) is 7.83. The van der Waals surface area contributed by atoms with Crippen molar-refractivity contribution in [2.45, 2.75) is 13.5 Å². The summed E-state index contributed by atoms with van der Waals surface area (Å²) in [6.45, 7) is 5.22. The van der Waals surface area contributed by atoms with Gasteiger partial charge in [0.25, 0.3) is 5.91 Å². The summed E-state index contributed by atoms with van der Waals surface area (Å²) < 4.78 is 43.0. The quantitative estimate of drug-likeness (QED) is 0.666. The van der Waals surface area contributed by atoms with Crippen molar-refractivity contribution in [1.29, 1.82) is 0 Å². The van der Waals surface area contributed by atoms with Crippen molar-refractivity contribution >= 4 is 16.4 Å². The molecular weight excluding hydrogens is 399 g/mol. The molecule has 1 saturated heterocycles. The zero-order valence-electron chi connectivity index (χ0n) is 16.3. The third kappa shape index (κ3) is 5.68. The van der Waals surface area contributed by atoms with E-state index in [1.807, 2.05) is 24.0 Å². The van der Waals surface area contributed by atoms with Crippen LogP contribution in [0.4, 0.5) is 3.89 Å². The van der Waals surface area contributed by atoms with Crippen molar-refractivity contribution in [2.24, 2.45) is 0 Å². The topological polar surface area (TPSA) is 76.2 Å². The summed E-state index contributed by atoms with van der Waals surface area (Å²) in [5.41, 5.74) is 2.53. The van der Waals surface area contributed by atoms with Crippen LogP contribution in [0.5, 0.6) is 11.5 Å². The van der Waals surface area contributed by atoms with Crippen LogP contribution in [0.15, 0.2) is 42.5 Å². The van der Waals surface area contributed by atoms with Crippen LogP contribution in [0.1, 0.15) is 21.5 Å². The number of methoxy groups -OCH3 is 1. The molecule has 0 saturated carbocycles. The molecule has 0 unspecified atom stereocenters. The predicted molar refractivity (Wildman–Crippen MR) is 106 cm³/mol. The molecule has 0 N–H and O–H groups in total. The van der Waals surface area contributed by atoms with E-state index < -0.39 is 10.5 Å². The monoisotopic (exact) mass is 422 g/mol. The van der Waals surface area contributed by atoms with E-state index in [-0.39, 0.29) is 11.7 Å². The standard InChI is InChI=1S/C20H23FN2O5S/c1-15-3-6-17(13-19(15)27-2)20(24)23-11-9-22(10-12-23)14-16-4-7-18(8-5-16)28-29(21,25)26/h3-8,13H,9-12,14H2,1-2H3. The minimum absolute atomic E-state index is 0.0168. The van der Waals surface area contributed by atoms with Gasteiger partial charge < -0.3 is 13.8 Å². The van der Waals surface area contributed by atoms with E-state index in [1.165, 1.54) is 12.1 Å². The van der Waals surface area contributed by atoms with Gasteiger partial charge in [0, 0.05) is 38.3 Å². The molecule has 7 nitrogen and oxygen atoms in total. The summed E-state index contributed by atoms with van der Waals surface area (Å²) in [6.07, 6.45) is 0. The van der Waals surface area contributed by atoms with Gasteiger partial charge in [0.05, 0.1) is 7.11 Å². The Balaban J connectivity index is 1.54. The SMILES string of the molecule is COc1cc(C(=O)N2CCN(Cc3ccc(OS(=O)(=O)F)cc3)CC2)ccc1C. The fourth-order valence-electron chi connectivity index (χ4n) is 3.27. The summed E-state index contributed by atoms with van der Waals surface area (Å²) >= 11 is 0. The molecule has 2 aromatic rings. The maximum atomic E-state index is 12.8. The Morgan fingerprint density at radius 2 is 1.72 bits per heavy atom. The third-order valence-electron chi connectivity index (χ3n) is 4.84. The average molecular weight is 422 g/mol. The largest absolute Gasteiger partial charge is 0.496 e. The lowest BCUT2D eigenvalue weighted by Gasteiger charge is -2.35. The minimum Gasteiger partial charge on any atom is -0.496 e. The predicted octanol–water partition coefficient (Wildman–Crippen LogP) is 2.55. The Kier molecular flexibility index (Phi) is 6.39. The Morgan fingerprint density at radius 3 is 2.31 bits per heavy atom. The fourth-order valence-corrected chi connectivity index (χ4v) is 3.61. The van der Waals surface area contributed by atoms with Crippen molar-refractivity contribution in [1.82, 2.24) is 9.80 Å². The molecule has 2 aromatic carbocycles. The van der Waals surface area contributed by atoms with Gasteiger partial charge >= 0.3 is 10.5 Å². The Labute approximate surface area is 170 Å². The molecule has 1 heterocycles. The van der Waals surface area contributed by atoms with Crippen molar-refractivity contribution in [3.05, 3.63) is 59.2 Å². The number of aryl methyl sites for hydroxylation is 1. The van der Waals surface area contributed by atoms with E-state index in [4.69, 9.17) is 4.74 Å². The summed E-state index contributed by atoms with van der Waals surface area (Å²) in [6, 6.07) is 11.7. The highest BCUT2D eigenvalue weighted by molar-refractivity contribution is 7.81. The molecule has 0 spiro atoms. The van der Waals surface area contributed by atoms with E-state index in [9.17, 15) is 17.1 Å². The number of hydrogen-bond acceptors (Lipinski definition) is 6. The molecule has 0 aromatic heterocycles. The normalized spacial score (nSPS) is 15.2. The number of rotatable bonds is 6. The van der Waals surface area contributed by atoms with Gasteiger partial charge in [0.15, 0.2) is 0 Å². The second-order valence-electron chi connectivity index (χ2n) is 6.87. The molecule has 0 bridgehead atoms. The number of hydrogen-bond donors (Lipinski definition) is 0. The first-order valence-corrected chi connectivity index (χ1v) is 10.5. The maximum absolute atomic E-state index is 12.8. The second kappa shape index (κ2) is 8.79. The molecule has 0 radical (unpaired) electrons. The molecule has 9 heteroatoms. The van der Waals surface area contributed by atoms with Gasteiger partial charge in [-0.25, -0.2) is 0 Å². The number of carbonyl (C=O) groups excluding carboxylic acids is 1. The Bertz CT molecular complexity index is 971. The number of amides is 1. The summed E-state index contributed by atoms with van der Waals surface area (Å²) in [5.74, 6) is 0.611. The van der Waals surface area contributed by atoms with E-state index in [0.29, 0.717) is 44.0 Å². The number of benzene rings is 2. The average Bonchev–Trinajstić information content (AvgIpc) is 2.69. The summed E-state index contributed by atoms with van der Waals surface area (Å²) in [4.78, 5) is 16.8. The van der Waals surface area contributed by atoms with Crippen LogP contribution < -0.4 is 8.92 Å². The fraction of sp³-hybridized carbons (Fsp3) is 0.350. The van der Waals surface area contributed by atoms with Crippen LogP contribution in [0.3, 0.4) is 0 Å². The van der Waals surface area contributed by atoms with Gasteiger partial charge in [0.1, 0.15) is 11.5 Å². The van der Waals surface area contributed by atoms with Crippen LogP contribution in [-0.2, 0) is 17.0 Å². The van der Waals surface area contributed by atoms with Gasteiger partial charge in [-0.15, -0.1) is 0 Å². The Hall–Kier alpha value is -2.65. The summed E-state index contributed by atoms with van der Waals surface area (Å²) in [5, 5.41) is 0. The number of nitrogens with zero attached hydrogens (tertiary/aromatic N) is 2. The van der Waals surface area contributed by atoms with Crippen LogP contribution >= 0.6 is 0 Å². The molecule has 1 aliphatic rings. The smallest absolute Gasteiger partial charge is 0.488 e. The van der Waals surface area contributed by atoms with Crippen LogP contribution in [0.2, 0.25) is 0 Å². The zero-order chi connectivity index (χ0) is 21.0. The lowest BCUT2D eigenvalue weighted by atomic mass is 10.1. The molecule has 1 amide bonds. The molecular formula is C20H23FN2O5S. The van der Waals surface area contributed by atoms with E-state index in [1.54, 1.807) is 25.3 Å². The summed E-state index contributed by atoms with van der Waals surface area (Å²) in [7, 11) is -3.43. The first kappa shape index (κ1) is 21.1. The molecule has 0 aliphatic carbocycles. The van der Waals surface area contributed by atoms with Gasteiger partial charge in [-0.1, -0.05) is 22.1 Å². The highest BCUT2D eigenvalue weighted by Gasteiger charge is 2.23. The van der Waals surface area contributed by atoms with E-state index >= 15 is 0 Å². The number of halogens is 1. The Morgan fingerprint density at radius 1 is 1.07 bits per heavy atom. The van der Waals surface area contributed by atoms with E-state index in [2.05, 4.69) is 9.08 Å². The molecule has 29 heavy (non-hydrogen) atoms. The van der Waals surface area contributed by atoms with Crippen LogP contribution in [0.25, 0.3) is 0 Å². The molecule has 1 aliphatic heterocycles. The van der Waals surface area contributed by atoms with Gasteiger partial charge in [-0.2, -0.15) is 8.42 Å². The van der Waals surface area contributed by atoms with E-state index in [0.717, 1.165) is 11.1 Å². The van der Waals surface area contributed by atoms with Crippen molar-refractivity contribution in [3.8, 4) is 11.5 Å².